The highest BCUT2D eigenvalue weighted by molar-refractivity contribution is 5.82. The van der Waals surface area contributed by atoms with E-state index in [1.54, 1.807) is 72.8 Å². The lowest BCUT2D eigenvalue weighted by Gasteiger charge is -2.22. The number of nitrogens with two attached hydrogens (primary N) is 6. The lowest BCUT2D eigenvalue weighted by molar-refractivity contribution is -0.199. The van der Waals surface area contributed by atoms with Gasteiger partial charge in [0.05, 0.1) is 29.2 Å². The van der Waals surface area contributed by atoms with Gasteiger partial charge in [0, 0.05) is 46.0 Å². The molecule has 3 aromatic heterocycles. The van der Waals surface area contributed by atoms with Crippen molar-refractivity contribution in [3.8, 4) is 102 Å². The van der Waals surface area contributed by atoms with E-state index in [4.69, 9.17) is 67.9 Å². The Morgan fingerprint density at radius 3 is 0.904 bits per heavy atom. The average molecular weight is 1570 g/mol. The number of aliphatic carboxylic acids is 1. The van der Waals surface area contributed by atoms with Crippen LogP contribution in [0.25, 0.3) is 67.2 Å². The summed E-state index contributed by atoms with van der Waals surface area (Å²) >= 11 is 0. The maximum atomic E-state index is 14.0. The molecule has 0 aliphatic rings. The molecule has 114 heavy (non-hydrogen) atoms. The molecule has 12 rings (SSSR count). The van der Waals surface area contributed by atoms with E-state index in [-0.39, 0.29) is 89.5 Å². The van der Waals surface area contributed by atoms with Crippen LogP contribution in [0.1, 0.15) is 55.8 Å². The predicted octanol–water partition coefficient (Wildman–Crippen LogP) is 15.5. The highest BCUT2D eigenvalue weighted by Gasteiger charge is 2.45. The zero-order valence-corrected chi connectivity index (χ0v) is 60.8. The fourth-order valence-corrected chi connectivity index (χ4v) is 10.8. The summed E-state index contributed by atoms with van der Waals surface area (Å²) < 4.78 is 158. The van der Waals surface area contributed by atoms with Gasteiger partial charge in [-0.15, -0.1) is 0 Å². The van der Waals surface area contributed by atoms with Crippen LogP contribution in [0.2, 0.25) is 0 Å². The fourth-order valence-electron chi connectivity index (χ4n) is 10.8. The Morgan fingerprint density at radius 2 is 0.632 bits per heavy atom. The van der Waals surface area contributed by atoms with Crippen molar-refractivity contribution >= 4 is 35.4 Å². The predicted molar refractivity (Wildman–Crippen MR) is 408 cm³/mol. The molecule has 13 N–H and O–H groups in total. The summed E-state index contributed by atoms with van der Waals surface area (Å²) in [7, 11) is 0. The van der Waals surface area contributed by atoms with E-state index in [0.29, 0.717) is 62.2 Å². The summed E-state index contributed by atoms with van der Waals surface area (Å²) in [5, 5.41) is 8.83. The van der Waals surface area contributed by atoms with Gasteiger partial charge in [-0.05, 0) is 169 Å². The first-order chi connectivity index (χ1) is 54.3. The van der Waals surface area contributed by atoms with E-state index in [1.807, 2.05) is 49.4 Å². The fraction of sp³-hybridized carbons (Fsp3) is 0.169. The molecule has 0 fully saturated rings. The van der Waals surface area contributed by atoms with E-state index < -0.39 is 66.2 Å². The number of nitrogen functional groups attached to an aromatic ring is 3. The minimum Gasteiger partial charge on any atom is -0.492 e. The van der Waals surface area contributed by atoms with Gasteiger partial charge < -0.3 is 67.9 Å². The van der Waals surface area contributed by atoms with Gasteiger partial charge in [0.15, 0.2) is 0 Å². The summed E-state index contributed by atoms with van der Waals surface area (Å²) in [4.78, 5) is 57.7. The van der Waals surface area contributed by atoms with Crippen LogP contribution in [0.15, 0.2) is 237 Å². The molecular formula is C83H73F9N12O10. The highest BCUT2D eigenvalue weighted by Crippen LogP contribution is 2.41. The molecule has 2 unspecified atom stereocenters. The van der Waals surface area contributed by atoms with Gasteiger partial charge in [-0.3, -0.25) is 14.4 Å². The number of nitrogens with zero attached hydrogens (tertiary/aromatic N) is 6. The van der Waals surface area contributed by atoms with Gasteiger partial charge in [-0.1, -0.05) is 109 Å². The second-order valence-corrected chi connectivity index (χ2v) is 25.5. The monoisotopic (exact) mass is 1570 g/mol. The molecular weight excluding hydrogens is 1500 g/mol. The lowest BCUT2D eigenvalue weighted by Crippen LogP contribution is -2.36. The quantitative estimate of drug-likeness (QED) is 0.0235. The van der Waals surface area contributed by atoms with E-state index in [0.717, 1.165) is 22.3 Å². The molecule has 31 heteroatoms. The van der Waals surface area contributed by atoms with E-state index in [2.05, 4.69) is 29.9 Å². The first-order valence-electron chi connectivity index (χ1n) is 34.6. The van der Waals surface area contributed by atoms with E-state index in [9.17, 15) is 53.9 Å². The Labute approximate surface area is 646 Å². The van der Waals surface area contributed by atoms with Crippen LogP contribution in [-0.2, 0) is 14.4 Å². The third-order valence-corrected chi connectivity index (χ3v) is 16.9. The molecule has 0 bridgehead atoms. The summed E-state index contributed by atoms with van der Waals surface area (Å²) in [6.07, 6.45) is -14.6. The molecule has 22 nitrogen and oxygen atoms in total. The van der Waals surface area contributed by atoms with Crippen LogP contribution in [0.4, 0.5) is 57.4 Å². The van der Waals surface area contributed by atoms with Crippen LogP contribution in [0.3, 0.4) is 0 Å². The van der Waals surface area contributed by atoms with Crippen molar-refractivity contribution in [3.63, 3.8) is 0 Å². The number of alkyl halides is 6. The number of Topliss-reactive ketones (excluding diaryl/α,β-unsaturated/α-hetero) is 2. The number of halogens is 9. The first-order valence-corrected chi connectivity index (χ1v) is 34.6. The summed E-state index contributed by atoms with van der Waals surface area (Å²) in [5.74, 6) is -2.33. The maximum Gasteiger partial charge on any atom is 0.429 e. The van der Waals surface area contributed by atoms with Crippen molar-refractivity contribution in [2.24, 2.45) is 17.2 Å². The SMILES string of the molecule is CC(=O)C(N)COc1ccc(-c2cc(OC(C)c3ccc(-c4cccc(F)c4)cc3)nc(N)n2)cc1.CC(=O)[C@@H](N)COc1ccc(-c2cc(O[C@@H](c3ccc(-c4cccc(F)c4)cc3)C(F)(F)F)nc(N)n2)cc1.Nc1nc(O[C@H](c2ccc(-c3cccc(F)c3)cc2)C(F)(F)F)cc(-c2ccc(OC[C@H](N)C(=O)O)cc2)n1. The summed E-state index contributed by atoms with van der Waals surface area (Å²) in [5.41, 5.74) is 41.4. The molecule has 0 spiro atoms. The number of ketones is 2. The number of carboxylic acids is 1. The van der Waals surface area contributed by atoms with Crippen LogP contribution in [0, 0.1) is 17.5 Å². The zero-order valence-electron chi connectivity index (χ0n) is 60.8. The van der Waals surface area contributed by atoms with Gasteiger partial charge in [-0.2, -0.15) is 41.3 Å². The Balaban J connectivity index is 0.000000181. The molecule has 0 aliphatic heterocycles. The average Bonchev–Trinajstić information content (AvgIpc) is 0.784. The number of ether oxygens (including phenoxy) is 6. The normalized spacial score (nSPS) is 12.8. The standard InChI is InChI=1S/C28H24F4N4O3.C28H27FN4O3.C27H22F4N4O4/c1-16(37)23(33)15-38-22-11-9-18(10-12-22)24-14-25(36-27(34)35-24)39-26(28(30,31)32)19-7-5-17(6-8-19)20-3-2-4-21(29)13-20;1-17(34)25(30)16-35-24-12-10-21(11-13-24)26-15-27(33-28(31)32-26)36-18(2)19-6-8-20(9-7-19)22-4-3-5-23(29)14-22;28-19-3-1-2-18(12-19)15-4-6-17(7-5-15)24(27(29,30)31)39-23-13-22(34-26(33)35-23)16-8-10-20(11-9-16)38-14-21(32)25(36)37/h2-14,23,26H,15,33H2,1H3,(H2,34,35,36);3-15,18,25H,16,30H2,1-2H3,(H2,31,32,33);1-13,21,24H,14,32H2,(H,36,37)(H2,33,34,35)/t23-,26-;;21-,24+/m0.0/s1. The number of carboxylic acid groups (broad SMARTS) is 1. The number of carbonyl (C=O) groups excluding carboxylic acids is 2. The minimum atomic E-state index is -4.80. The zero-order chi connectivity index (χ0) is 82.0. The van der Waals surface area contributed by atoms with Crippen molar-refractivity contribution in [2.45, 2.75) is 69.6 Å². The largest absolute Gasteiger partial charge is 0.492 e. The van der Waals surface area contributed by atoms with Crippen LogP contribution < -0.4 is 62.8 Å². The van der Waals surface area contributed by atoms with E-state index in [1.165, 1.54) is 135 Å². The molecule has 588 valence electrons. The molecule has 0 aliphatic carbocycles. The van der Waals surface area contributed by atoms with Gasteiger partial charge in [-0.25, -0.2) is 28.1 Å². The van der Waals surface area contributed by atoms with Crippen molar-refractivity contribution in [2.75, 3.05) is 37.0 Å². The first kappa shape index (κ1) is 83.0. The molecule has 9 aromatic carbocycles. The third kappa shape index (κ3) is 23.5. The smallest absolute Gasteiger partial charge is 0.429 e. The summed E-state index contributed by atoms with van der Waals surface area (Å²) in [6.45, 7) is 4.55. The van der Waals surface area contributed by atoms with Crippen LogP contribution >= 0.6 is 0 Å². The molecule has 0 radical (unpaired) electrons. The Morgan fingerprint density at radius 1 is 0.360 bits per heavy atom. The summed E-state index contributed by atoms with van der Waals surface area (Å²) in [6, 6.07) is 57.8. The molecule has 0 amide bonds. The number of hydrogen-bond acceptors (Lipinski definition) is 21. The minimum absolute atomic E-state index is 0.00479. The number of anilines is 3. The van der Waals surface area contributed by atoms with Crippen molar-refractivity contribution < 1.29 is 87.4 Å². The van der Waals surface area contributed by atoms with Gasteiger partial charge in [0.25, 0.3) is 0 Å². The third-order valence-electron chi connectivity index (χ3n) is 16.9. The van der Waals surface area contributed by atoms with Crippen molar-refractivity contribution in [3.05, 3.63) is 271 Å². The van der Waals surface area contributed by atoms with Gasteiger partial charge in [0.1, 0.15) is 78.2 Å². The Bertz CT molecular complexity index is 5050. The number of aromatic nitrogens is 6. The topological polar surface area (TPSA) is 360 Å². The molecule has 6 atom stereocenters. The second-order valence-electron chi connectivity index (χ2n) is 25.5. The van der Waals surface area contributed by atoms with Crippen LogP contribution in [0.5, 0.6) is 34.9 Å². The number of hydrogen-bond donors (Lipinski definition) is 7. The Hall–Kier alpha value is -13.5. The lowest BCUT2D eigenvalue weighted by atomic mass is 10.0. The number of benzene rings is 9. The number of carbonyl (C=O) groups is 3. The molecule has 3 heterocycles. The van der Waals surface area contributed by atoms with Gasteiger partial charge in [0.2, 0.25) is 47.7 Å². The van der Waals surface area contributed by atoms with Crippen LogP contribution in [-0.4, -0.2) is 103 Å². The van der Waals surface area contributed by atoms with Crippen molar-refractivity contribution in [1.29, 1.82) is 0 Å². The molecule has 0 saturated heterocycles. The maximum absolute atomic E-state index is 14.0. The molecule has 12 aromatic rings. The second kappa shape index (κ2) is 37.5. The highest BCUT2D eigenvalue weighted by atomic mass is 19.4. The Kier molecular flexibility index (Phi) is 27.3. The molecule has 0 saturated carbocycles. The van der Waals surface area contributed by atoms with E-state index >= 15 is 0 Å². The van der Waals surface area contributed by atoms with Crippen molar-refractivity contribution in [1.82, 2.24) is 29.9 Å². The number of rotatable bonds is 27. The van der Waals surface area contributed by atoms with Gasteiger partial charge >= 0.3 is 18.3 Å².